The van der Waals surface area contributed by atoms with Gasteiger partial charge in [-0.2, -0.15) is 0 Å². The second kappa shape index (κ2) is 7.91. The Morgan fingerprint density at radius 3 is 2.69 bits per heavy atom. The predicted molar refractivity (Wildman–Crippen MR) is 113 cm³/mol. The van der Waals surface area contributed by atoms with E-state index < -0.39 is 0 Å². The number of nitrogens with one attached hydrogen (secondary N) is 1. The number of hydrogen-bond acceptors (Lipinski definition) is 4. The maximum Gasteiger partial charge on any atom is 0.262 e. The van der Waals surface area contributed by atoms with Gasteiger partial charge in [0.05, 0.1) is 0 Å². The molecule has 1 amide bonds. The number of terminal acetylenes is 1. The molecule has 4 aromatic rings. The summed E-state index contributed by atoms with van der Waals surface area (Å²) in [5, 5.41) is 2.81. The Bertz CT molecular complexity index is 1220. The highest BCUT2D eigenvalue weighted by molar-refractivity contribution is 5.92. The van der Waals surface area contributed by atoms with Crippen LogP contribution in [0.2, 0.25) is 0 Å². The molecule has 0 unspecified atom stereocenters. The van der Waals surface area contributed by atoms with Crippen molar-refractivity contribution in [1.82, 2.24) is 4.98 Å². The molecule has 0 saturated heterocycles. The van der Waals surface area contributed by atoms with Gasteiger partial charge in [-0.3, -0.25) is 4.79 Å². The van der Waals surface area contributed by atoms with Gasteiger partial charge in [0, 0.05) is 16.8 Å². The van der Waals surface area contributed by atoms with Crippen molar-refractivity contribution >= 4 is 22.7 Å². The van der Waals surface area contributed by atoms with Crippen LogP contribution in [0, 0.1) is 19.3 Å². The number of para-hydroxylation sites is 1. The minimum Gasteiger partial charge on any atom is -0.483 e. The van der Waals surface area contributed by atoms with Crippen LogP contribution in [0.15, 0.2) is 71.1 Å². The van der Waals surface area contributed by atoms with Crippen molar-refractivity contribution < 1.29 is 13.9 Å². The normalized spacial score (nSPS) is 10.5. The van der Waals surface area contributed by atoms with Crippen molar-refractivity contribution in [1.29, 1.82) is 0 Å². The number of aromatic nitrogens is 1. The van der Waals surface area contributed by atoms with Gasteiger partial charge in [0.1, 0.15) is 11.3 Å². The summed E-state index contributed by atoms with van der Waals surface area (Å²) in [6, 6.07) is 20.3. The Hall–Kier alpha value is -4.04. The highest BCUT2D eigenvalue weighted by atomic mass is 16.5. The molecule has 1 N–H and O–H groups in total. The van der Waals surface area contributed by atoms with Gasteiger partial charge in [0.25, 0.3) is 5.91 Å². The van der Waals surface area contributed by atoms with E-state index >= 15 is 0 Å². The van der Waals surface area contributed by atoms with Crippen LogP contribution < -0.4 is 10.1 Å². The molecule has 5 nitrogen and oxygen atoms in total. The summed E-state index contributed by atoms with van der Waals surface area (Å²) in [6.07, 6.45) is 5.43. The molecule has 1 aromatic heterocycles. The summed E-state index contributed by atoms with van der Waals surface area (Å²) in [5.74, 6) is 3.55. The molecule has 0 saturated carbocycles. The molecule has 1 heterocycles. The van der Waals surface area contributed by atoms with Gasteiger partial charge in [-0.25, -0.2) is 4.98 Å². The summed E-state index contributed by atoms with van der Waals surface area (Å²) in [6.45, 7) is 1.88. The van der Waals surface area contributed by atoms with Gasteiger partial charge >= 0.3 is 0 Å². The lowest BCUT2D eigenvalue weighted by Crippen LogP contribution is -2.20. The van der Waals surface area contributed by atoms with Crippen molar-refractivity contribution in [3.05, 3.63) is 77.9 Å². The number of carbonyl (C=O) groups excluding carboxylic acids is 1. The Kier molecular flexibility index (Phi) is 5.00. The summed E-state index contributed by atoms with van der Waals surface area (Å²) in [4.78, 5) is 16.6. The standard InChI is InChI=1S/C24H18N2O3/c1-3-17-8-13-22-20(14-17)26-24(29-22)18-9-11-19(12-10-18)25-23(27)15-28-21-7-5-4-6-16(21)2/h1,4-14H,15H2,2H3,(H,25,27). The first-order chi connectivity index (χ1) is 14.1. The lowest BCUT2D eigenvalue weighted by atomic mass is 10.2. The van der Waals surface area contributed by atoms with Crippen LogP contribution >= 0.6 is 0 Å². The maximum absolute atomic E-state index is 12.1. The summed E-state index contributed by atoms with van der Waals surface area (Å²) < 4.78 is 11.4. The van der Waals surface area contributed by atoms with E-state index in [4.69, 9.17) is 15.6 Å². The van der Waals surface area contributed by atoms with E-state index in [1.165, 1.54) is 0 Å². The average molecular weight is 382 g/mol. The van der Waals surface area contributed by atoms with E-state index in [2.05, 4.69) is 16.2 Å². The average Bonchev–Trinajstić information content (AvgIpc) is 3.17. The number of hydrogen-bond donors (Lipinski definition) is 1. The van der Waals surface area contributed by atoms with Crippen LogP contribution in [-0.4, -0.2) is 17.5 Å². The molecular formula is C24H18N2O3. The summed E-state index contributed by atoms with van der Waals surface area (Å²) in [5.41, 5.74) is 4.59. The van der Waals surface area contributed by atoms with Gasteiger partial charge in [0.15, 0.2) is 12.2 Å². The van der Waals surface area contributed by atoms with E-state index in [-0.39, 0.29) is 12.5 Å². The number of anilines is 1. The third-order valence-electron chi connectivity index (χ3n) is 4.42. The van der Waals surface area contributed by atoms with Gasteiger partial charge in [-0.05, 0) is 61.0 Å². The van der Waals surface area contributed by atoms with E-state index in [9.17, 15) is 4.79 Å². The van der Waals surface area contributed by atoms with E-state index in [0.717, 1.165) is 16.7 Å². The summed E-state index contributed by atoms with van der Waals surface area (Å²) in [7, 11) is 0. The predicted octanol–water partition coefficient (Wildman–Crippen LogP) is 4.80. The SMILES string of the molecule is C#Cc1ccc2oc(-c3ccc(NC(=O)COc4ccccc4C)cc3)nc2c1. The number of amides is 1. The monoisotopic (exact) mass is 382 g/mol. The fourth-order valence-corrected chi connectivity index (χ4v) is 2.90. The van der Waals surface area contributed by atoms with Crippen molar-refractivity contribution in [2.45, 2.75) is 6.92 Å². The van der Waals surface area contributed by atoms with Crippen LogP contribution in [0.5, 0.6) is 5.75 Å². The highest BCUT2D eigenvalue weighted by Gasteiger charge is 2.10. The minimum atomic E-state index is -0.232. The Balaban J connectivity index is 1.42. The molecule has 0 aliphatic rings. The summed E-state index contributed by atoms with van der Waals surface area (Å²) >= 11 is 0. The van der Waals surface area contributed by atoms with Gasteiger partial charge in [-0.1, -0.05) is 24.1 Å². The van der Waals surface area contributed by atoms with Crippen LogP contribution in [0.1, 0.15) is 11.1 Å². The number of nitrogens with zero attached hydrogens (tertiary/aromatic N) is 1. The molecule has 0 spiro atoms. The molecule has 142 valence electrons. The number of aryl methyl sites for hydroxylation is 1. The molecular weight excluding hydrogens is 364 g/mol. The smallest absolute Gasteiger partial charge is 0.262 e. The fraction of sp³-hybridized carbons (Fsp3) is 0.0833. The first-order valence-corrected chi connectivity index (χ1v) is 9.08. The van der Waals surface area contributed by atoms with Crippen molar-refractivity contribution in [3.8, 4) is 29.5 Å². The van der Waals surface area contributed by atoms with Gasteiger partial charge in [-0.15, -0.1) is 6.42 Å². The lowest BCUT2D eigenvalue weighted by Gasteiger charge is -2.09. The number of fused-ring (bicyclic) bond motifs is 1. The molecule has 0 atom stereocenters. The number of rotatable bonds is 5. The molecule has 0 radical (unpaired) electrons. The second-order valence-electron chi connectivity index (χ2n) is 6.53. The second-order valence-corrected chi connectivity index (χ2v) is 6.53. The quantitative estimate of drug-likeness (QED) is 0.504. The van der Waals surface area contributed by atoms with E-state index in [1.54, 1.807) is 12.1 Å². The van der Waals surface area contributed by atoms with Crippen LogP contribution in [0.25, 0.3) is 22.6 Å². The van der Waals surface area contributed by atoms with Crippen molar-refractivity contribution in [2.75, 3.05) is 11.9 Å². The Morgan fingerprint density at radius 2 is 1.93 bits per heavy atom. The van der Waals surface area contributed by atoms with E-state index in [1.807, 2.05) is 61.5 Å². The lowest BCUT2D eigenvalue weighted by molar-refractivity contribution is -0.118. The molecule has 0 aliphatic carbocycles. The Morgan fingerprint density at radius 1 is 1.14 bits per heavy atom. The Labute approximate surface area is 168 Å². The van der Waals surface area contributed by atoms with E-state index in [0.29, 0.717) is 28.4 Å². The zero-order valence-corrected chi connectivity index (χ0v) is 15.8. The topological polar surface area (TPSA) is 64.4 Å². The number of ether oxygens (including phenoxy) is 1. The minimum absolute atomic E-state index is 0.0603. The number of oxazole rings is 1. The molecule has 0 aliphatic heterocycles. The van der Waals surface area contributed by atoms with Crippen molar-refractivity contribution in [3.63, 3.8) is 0 Å². The highest BCUT2D eigenvalue weighted by Crippen LogP contribution is 2.26. The molecule has 0 fully saturated rings. The van der Waals surface area contributed by atoms with Crippen LogP contribution in [-0.2, 0) is 4.79 Å². The third-order valence-corrected chi connectivity index (χ3v) is 4.42. The van der Waals surface area contributed by atoms with Gasteiger partial charge in [0.2, 0.25) is 5.89 Å². The van der Waals surface area contributed by atoms with Crippen LogP contribution in [0.4, 0.5) is 5.69 Å². The zero-order chi connectivity index (χ0) is 20.2. The molecule has 0 bridgehead atoms. The zero-order valence-electron chi connectivity index (χ0n) is 15.8. The largest absolute Gasteiger partial charge is 0.483 e. The number of benzene rings is 3. The molecule has 4 rings (SSSR count). The van der Waals surface area contributed by atoms with Crippen LogP contribution in [0.3, 0.4) is 0 Å². The molecule has 3 aromatic carbocycles. The number of carbonyl (C=O) groups is 1. The molecule has 5 heteroatoms. The third kappa shape index (κ3) is 4.12. The maximum atomic E-state index is 12.1. The fourth-order valence-electron chi connectivity index (χ4n) is 2.90. The van der Waals surface area contributed by atoms with Crippen molar-refractivity contribution in [2.24, 2.45) is 0 Å². The van der Waals surface area contributed by atoms with Gasteiger partial charge < -0.3 is 14.5 Å². The first-order valence-electron chi connectivity index (χ1n) is 9.08. The molecule has 29 heavy (non-hydrogen) atoms. The first kappa shape index (κ1) is 18.3.